The maximum atomic E-state index is 12.7. The monoisotopic (exact) mass is 354 g/mol. The van der Waals surface area contributed by atoms with E-state index in [0.29, 0.717) is 27.8 Å². The maximum Gasteiger partial charge on any atom is 0.416 e. The second-order valence-corrected chi connectivity index (χ2v) is 6.17. The van der Waals surface area contributed by atoms with E-state index >= 15 is 0 Å². The molecule has 118 valence electrons. The highest BCUT2D eigenvalue weighted by Crippen LogP contribution is 2.30. The van der Waals surface area contributed by atoms with Gasteiger partial charge < -0.3 is 0 Å². The Bertz CT molecular complexity index is 830. The maximum absolute atomic E-state index is 12.7. The van der Waals surface area contributed by atoms with E-state index in [9.17, 15) is 13.2 Å². The number of rotatable bonds is 3. The number of nitrogens with zero attached hydrogens (tertiary/aromatic N) is 2. The average Bonchev–Trinajstić information content (AvgIpc) is 2.95. The SMILES string of the molecule is FC(F)(F)c1cccc(Cc2nc(-c3cccc(Cl)c3)ns2)c1. The highest BCUT2D eigenvalue weighted by atomic mass is 35.5. The molecule has 0 aliphatic rings. The zero-order chi connectivity index (χ0) is 16.4. The summed E-state index contributed by atoms with van der Waals surface area (Å²) in [6.45, 7) is 0. The van der Waals surface area contributed by atoms with Gasteiger partial charge in [0.2, 0.25) is 0 Å². The summed E-state index contributed by atoms with van der Waals surface area (Å²) in [7, 11) is 0. The molecule has 0 amide bonds. The van der Waals surface area contributed by atoms with Gasteiger partial charge in [-0.25, -0.2) is 4.98 Å². The molecule has 3 rings (SSSR count). The molecule has 0 aliphatic heterocycles. The summed E-state index contributed by atoms with van der Waals surface area (Å²) in [5.74, 6) is 0.527. The lowest BCUT2D eigenvalue weighted by Crippen LogP contribution is -2.05. The first kappa shape index (κ1) is 16.0. The van der Waals surface area contributed by atoms with Crippen molar-refractivity contribution < 1.29 is 13.2 Å². The molecule has 3 aromatic rings. The summed E-state index contributed by atoms with van der Waals surface area (Å²) in [6, 6.07) is 12.4. The van der Waals surface area contributed by atoms with E-state index in [1.165, 1.54) is 17.6 Å². The van der Waals surface area contributed by atoms with Crippen LogP contribution in [0.1, 0.15) is 16.1 Å². The zero-order valence-electron chi connectivity index (χ0n) is 11.6. The molecule has 2 nitrogen and oxygen atoms in total. The number of hydrogen-bond donors (Lipinski definition) is 0. The fourth-order valence-corrected chi connectivity index (χ4v) is 2.99. The van der Waals surface area contributed by atoms with Crippen molar-refractivity contribution in [3.63, 3.8) is 0 Å². The van der Waals surface area contributed by atoms with Crippen LogP contribution in [-0.2, 0) is 12.6 Å². The first-order chi connectivity index (χ1) is 10.9. The fourth-order valence-electron chi connectivity index (χ4n) is 2.10. The molecule has 0 saturated carbocycles. The third-order valence-electron chi connectivity index (χ3n) is 3.16. The van der Waals surface area contributed by atoms with Gasteiger partial charge >= 0.3 is 6.18 Å². The molecule has 0 atom stereocenters. The lowest BCUT2D eigenvalue weighted by molar-refractivity contribution is -0.137. The second kappa shape index (κ2) is 6.29. The van der Waals surface area contributed by atoms with Crippen LogP contribution in [0.15, 0.2) is 48.5 Å². The van der Waals surface area contributed by atoms with Gasteiger partial charge in [-0.1, -0.05) is 41.9 Å². The van der Waals surface area contributed by atoms with Gasteiger partial charge in [-0.2, -0.15) is 17.5 Å². The Morgan fingerprint density at radius 1 is 1.04 bits per heavy atom. The van der Waals surface area contributed by atoms with Crippen LogP contribution in [0.25, 0.3) is 11.4 Å². The molecule has 0 N–H and O–H groups in total. The Hall–Kier alpha value is -1.92. The first-order valence-electron chi connectivity index (χ1n) is 6.66. The molecular weight excluding hydrogens is 345 g/mol. The molecule has 7 heteroatoms. The molecule has 1 heterocycles. The Balaban J connectivity index is 1.82. The highest BCUT2D eigenvalue weighted by Gasteiger charge is 2.30. The standard InChI is InChI=1S/C16H10ClF3N2S/c17-13-6-2-4-11(9-13)15-21-14(23-22-15)8-10-3-1-5-12(7-10)16(18,19)20/h1-7,9H,8H2. The van der Waals surface area contributed by atoms with Crippen molar-refractivity contribution in [2.24, 2.45) is 0 Å². The summed E-state index contributed by atoms with van der Waals surface area (Å²) in [5, 5.41) is 1.23. The van der Waals surface area contributed by atoms with Crippen LogP contribution in [0.2, 0.25) is 5.02 Å². The van der Waals surface area contributed by atoms with E-state index in [1.807, 2.05) is 6.07 Å². The van der Waals surface area contributed by atoms with Crippen molar-refractivity contribution in [1.29, 1.82) is 0 Å². The van der Waals surface area contributed by atoms with E-state index < -0.39 is 11.7 Å². The van der Waals surface area contributed by atoms with Crippen molar-refractivity contribution in [2.75, 3.05) is 0 Å². The van der Waals surface area contributed by atoms with E-state index in [1.54, 1.807) is 24.3 Å². The predicted molar refractivity (Wildman–Crippen MR) is 84.6 cm³/mol. The fraction of sp³-hybridized carbons (Fsp3) is 0.125. The van der Waals surface area contributed by atoms with E-state index in [0.717, 1.165) is 17.7 Å². The van der Waals surface area contributed by atoms with E-state index in [4.69, 9.17) is 11.6 Å². The minimum Gasteiger partial charge on any atom is -0.219 e. The summed E-state index contributed by atoms with van der Waals surface area (Å²) in [5.41, 5.74) is 0.673. The molecule has 1 aromatic heterocycles. The summed E-state index contributed by atoms with van der Waals surface area (Å²) < 4.78 is 42.4. The number of benzene rings is 2. The molecule has 0 aliphatic carbocycles. The Morgan fingerprint density at radius 3 is 2.57 bits per heavy atom. The minimum absolute atomic E-state index is 0.308. The number of alkyl halides is 3. The molecule has 0 unspecified atom stereocenters. The Kier molecular flexibility index (Phi) is 4.37. The molecule has 0 fully saturated rings. The number of aromatic nitrogens is 2. The third-order valence-corrected chi connectivity index (χ3v) is 4.11. The van der Waals surface area contributed by atoms with Crippen LogP contribution in [0.3, 0.4) is 0 Å². The Labute approximate surface area is 139 Å². The lowest BCUT2D eigenvalue weighted by Gasteiger charge is -2.07. The zero-order valence-corrected chi connectivity index (χ0v) is 13.2. The molecule has 0 radical (unpaired) electrons. The van der Waals surface area contributed by atoms with Crippen molar-refractivity contribution in [2.45, 2.75) is 12.6 Å². The first-order valence-corrected chi connectivity index (χ1v) is 7.81. The van der Waals surface area contributed by atoms with Crippen LogP contribution in [0.5, 0.6) is 0 Å². The van der Waals surface area contributed by atoms with Crippen molar-refractivity contribution in [3.8, 4) is 11.4 Å². The molecule has 2 aromatic carbocycles. The van der Waals surface area contributed by atoms with Gasteiger partial charge in [-0.3, -0.25) is 0 Å². The van der Waals surface area contributed by atoms with Crippen LogP contribution < -0.4 is 0 Å². The van der Waals surface area contributed by atoms with Crippen molar-refractivity contribution in [1.82, 2.24) is 9.36 Å². The lowest BCUT2D eigenvalue weighted by atomic mass is 10.1. The van der Waals surface area contributed by atoms with Gasteiger partial charge in [0.15, 0.2) is 5.82 Å². The minimum atomic E-state index is -4.34. The van der Waals surface area contributed by atoms with Gasteiger partial charge in [0.25, 0.3) is 0 Å². The molecule has 0 bridgehead atoms. The van der Waals surface area contributed by atoms with Crippen molar-refractivity contribution >= 4 is 23.1 Å². The molecular formula is C16H10ClF3N2S. The quantitative estimate of drug-likeness (QED) is 0.623. The van der Waals surface area contributed by atoms with E-state index in [-0.39, 0.29) is 0 Å². The van der Waals surface area contributed by atoms with Gasteiger partial charge in [0.05, 0.1) is 5.56 Å². The van der Waals surface area contributed by atoms with Gasteiger partial charge in [0, 0.05) is 17.0 Å². The van der Waals surface area contributed by atoms with Crippen LogP contribution in [0.4, 0.5) is 13.2 Å². The summed E-state index contributed by atoms with van der Waals surface area (Å²) >= 11 is 7.11. The normalized spacial score (nSPS) is 11.7. The average molecular weight is 355 g/mol. The van der Waals surface area contributed by atoms with Crippen LogP contribution >= 0.6 is 23.1 Å². The van der Waals surface area contributed by atoms with Crippen molar-refractivity contribution in [3.05, 3.63) is 69.7 Å². The topological polar surface area (TPSA) is 25.8 Å². The molecule has 0 saturated heterocycles. The van der Waals surface area contributed by atoms with Gasteiger partial charge in [-0.15, -0.1) is 0 Å². The molecule has 23 heavy (non-hydrogen) atoms. The van der Waals surface area contributed by atoms with E-state index in [2.05, 4.69) is 9.36 Å². The van der Waals surface area contributed by atoms with Gasteiger partial charge in [-0.05, 0) is 35.3 Å². The smallest absolute Gasteiger partial charge is 0.219 e. The predicted octanol–water partition coefficient (Wildman–Crippen LogP) is 5.47. The third kappa shape index (κ3) is 3.89. The molecule has 0 spiro atoms. The number of halogens is 4. The number of hydrogen-bond acceptors (Lipinski definition) is 3. The second-order valence-electron chi connectivity index (χ2n) is 4.90. The summed E-state index contributed by atoms with van der Waals surface area (Å²) in [4.78, 5) is 4.38. The van der Waals surface area contributed by atoms with Crippen LogP contribution in [-0.4, -0.2) is 9.36 Å². The highest BCUT2D eigenvalue weighted by molar-refractivity contribution is 7.05. The summed E-state index contributed by atoms with van der Waals surface area (Å²) in [6.07, 6.45) is -4.04. The van der Waals surface area contributed by atoms with Crippen LogP contribution in [0, 0.1) is 0 Å². The Morgan fingerprint density at radius 2 is 1.83 bits per heavy atom. The largest absolute Gasteiger partial charge is 0.416 e. The van der Waals surface area contributed by atoms with Gasteiger partial charge in [0.1, 0.15) is 5.01 Å².